The van der Waals surface area contributed by atoms with E-state index in [9.17, 15) is 18.4 Å². The van der Waals surface area contributed by atoms with Crippen molar-refractivity contribution in [1.29, 1.82) is 0 Å². The van der Waals surface area contributed by atoms with Crippen LogP contribution in [0.1, 0.15) is 25.8 Å². The normalized spacial score (nSPS) is 16.2. The van der Waals surface area contributed by atoms with Gasteiger partial charge in [-0.05, 0) is 31.2 Å². The summed E-state index contributed by atoms with van der Waals surface area (Å²) in [7, 11) is 1.80. The summed E-state index contributed by atoms with van der Waals surface area (Å²) < 4.78 is 32.3. The van der Waals surface area contributed by atoms with Crippen molar-refractivity contribution in [1.82, 2.24) is 4.90 Å². The summed E-state index contributed by atoms with van der Waals surface area (Å²) in [6.45, 7) is 5.20. The number of nitrogens with zero attached hydrogens (tertiary/aromatic N) is 2. The molecule has 0 bridgehead atoms. The predicted octanol–water partition coefficient (Wildman–Crippen LogP) is 1.84. The van der Waals surface area contributed by atoms with Crippen LogP contribution >= 0.6 is 0 Å². The van der Waals surface area contributed by atoms with Crippen molar-refractivity contribution in [3.05, 3.63) is 23.8 Å². The maximum Gasteiger partial charge on any atom is 0.265 e. The van der Waals surface area contributed by atoms with Gasteiger partial charge in [0.1, 0.15) is 12.6 Å². The van der Waals surface area contributed by atoms with Gasteiger partial charge < -0.3 is 20.7 Å². The number of hydrogen-bond acceptors (Lipinski definition) is 5. The maximum atomic E-state index is 13.6. The van der Waals surface area contributed by atoms with Gasteiger partial charge in [0.25, 0.3) is 12.3 Å². The van der Waals surface area contributed by atoms with E-state index in [1.165, 1.54) is 23.1 Å². The predicted molar refractivity (Wildman–Crippen MR) is 104 cm³/mol. The van der Waals surface area contributed by atoms with Crippen LogP contribution in [0.2, 0.25) is 0 Å². The van der Waals surface area contributed by atoms with Gasteiger partial charge in [-0.25, -0.2) is 8.78 Å². The zero-order chi connectivity index (χ0) is 20.8. The van der Waals surface area contributed by atoms with Crippen LogP contribution in [-0.2, 0) is 14.3 Å². The van der Waals surface area contributed by atoms with Gasteiger partial charge in [-0.1, -0.05) is 13.8 Å². The molecule has 156 valence electrons. The summed E-state index contributed by atoms with van der Waals surface area (Å²) in [4.78, 5) is 27.7. The molecule has 7 nitrogen and oxygen atoms in total. The van der Waals surface area contributed by atoms with E-state index in [1.54, 1.807) is 7.05 Å². The molecule has 1 aromatic rings. The highest BCUT2D eigenvalue weighted by molar-refractivity contribution is 5.97. The molecule has 2 amide bonds. The average Bonchev–Trinajstić information content (AvgIpc) is 2.62. The van der Waals surface area contributed by atoms with Crippen LogP contribution in [0.25, 0.3) is 0 Å². The van der Waals surface area contributed by atoms with Crippen LogP contribution in [-0.4, -0.2) is 62.7 Å². The van der Waals surface area contributed by atoms with Crippen LogP contribution in [0.3, 0.4) is 0 Å². The number of hydrogen-bond donors (Lipinski definition) is 2. The maximum absolute atomic E-state index is 13.6. The lowest BCUT2D eigenvalue weighted by molar-refractivity contribution is -0.125. The minimum Gasteiger partial charge on any atom is -0.370 e. The monoisotopic (exact) mass is 398 g/mol. The first-order valence-electron chi connectivity index (χ1n) is 9.26. The molecule has 0 unspecified atom stereocenters. The molecule has 0 radical (unpaired) electrons. The number of nitrogens with one attached hydrogen (secondary N) is 1. The van der Waals surface area contributed by atoms with E-state index < -0.39 is 12.5 Å². The first kappa shape index (κ1) is 22.2. The third-order valence-corrected chi connectivity index (χ3v) is 4.52. The van der Waals surface area contributed by atoms with Crippen LogP contribution in [0.15, 0.2) is 18.2 Å². The fraction of sp³-hybridized carbons (Fsp3) is 0.579. The molecule has 3 N–H and O–H groups in total. The summed E-state index contributed by atoms with van der Waals surface area (Å²) in [6.07, 6.45) is -2.79. The molecule has 1 aromatic carbocycles. The van der Waals surface area contributed by atoms with Crippen molar-refractivity contribution in [2.75, 3.05) is 50.1 Å². The summed E-state index contributed by atoms with van der Waals surface area (Å²) in [6, 6.07) is 3.57. The number of nitrogens with two attached hydrogens (primary N) is 1. The van der Waals surface area contributed by atoms with Crippen LogP contribution in [0, 0.1) is 5.92 Å². The number of ether oxygens (including phenoxy) is 1. The second kappa shape index (κ2) is 9.90. The standard InChI is InChI=1S/C19H28F2N4O3/c1-12(2)10-24(3)16(9-22)19(27)23-13-4-5-15(14(8-13)18(20)21)25-6-7-28-11-17(25)26/h4-5,8,12,16,18H,6-7,9-11,22H2,1-3H3,(H,23,27)/t16-/m1/s1. The number of morpholine rings is 1. The molecule has 1 aliphatic rings. The third-order valence-electron chi connectivity index (χ3n) is 4.52. The lowest BCUT2D eigenvalue weighted by Gasteiger charge is -2.29. The van der Waals surface area contributed by atoms with E-state index in [0.717, 1.165) is 0 Å². The molecule has 0 aliphatic carbocycles. The molecule has 1 fully saturated rings. The number of rotatable bonds is 8. The van der Waals surface area contributed by atoms with Crippen molar-refractivity contribution in [2.24, 2.45) is 11.7 Å². The first-order chi connectivity index (χ1) is 13.2. The highest BCUT2D eigenvalue weighted by Crippen LogP contribution is 2.33. The number of alkyl halides is 2. The first-order valence-corrected chi connectivity index (χ1v) is 9.26. The van der Waals surface area contributed by atoms with Crippen LogP contribution in [0.5, 0.6) is 0 Å². The minimum atomic E-state index is -2.79. The lowest BCUT2D eigenvalue weighted by atomic mass is 10.1. The Bertz CT molecular complexity index is 700. The summed E-state index contributed by atoms with van der Waals surface area (Å²) in [5.41, 5.74) is 5.80. The Kier molecular flexibility index (Phi) is 7.85. The summed E-state index contributed by atoms with van der Waals surface area (Å²) in [5, 5.41) is 2.66. The number of benzene rings is 1. The summed E-state index contributed by atoms with van der Waals surface area (Å²) >= 11 is 0. The Morgan fingerprint density at radius 3 is 2.68 bits per heavy atom. The number of amides is 2. The molecule has 28 heavy (non-hydrogen) atoms. The molecule has 2 rings (SSSR count). The van der Waals surface area contributed by atoms with E-state index in [-0.39, 0.29) is 55.1 Å². The van der Waals surface area contributed by atoms with Gasteiger partial charge in [0.2, 0.25) is 5.91 Å². The van der Waals surface area contributed by atoms with Gasteiger partial charge in [0.05, 0.1) is 12.3 Å². The zero-order valence-corrected chi connectivity index (χ0v) is 16.5. The van der Waals surface area contributed by atoms with Gasteiger partial charge in [-0.15, -0.1) is 0 Å². The van der Waals surface area contributed by atoms with E-state index in [0.29, 0.717) is 12.5 Å². The Balaban J connectivity index is 2.21. The fourth-order valence-corrected chi connectivity index (χ4v) is 3.24. The second-order valence-electron chi connectivity index (χ2n) is 7.25. The molecule has 1 aliphatic heterocycles. The van der Waals surface area contributed by atoms with Crippen molar-refractivity contribution in [3.8, 4) is 0 Å². The van der Waals surface area contributed by atoms with Crippen molar-refractivity contribution < 1.29 is 23.1 Å². The highest BCUT2D eigenvalue weighted by atomic mass is 19.3. The Morgan fingerprint density at radius 2 is 2.11 bits per heavy atom. The lowest BCUT2D eigenvalue weighted by Crippen LogP contribution is -2.48. The summed E-state index contributed by atoms with van der Waals surface area (Å²) in [5.74, 6) is -0.382. The van der Waals surface area contributed by atoms with Crippen LogP contribution < -0.4 is 16.0 Å². The van der Waals surface area contributed by atoms with E-state index in [4.69, 9.17) is 10.5 Å². The van der Waals surface area contributed by atoms with Crippen molar-refractivity contribution in [2.45, 2.75) is 26.3 Å². The molecular formula is C19H28F2N4O3. The number of carbonyl (C=O) groups excluding carboxylic acids is 2. The van der Waals surface area contributed by atoms with E-state index in [2.05, 4.69) is 5.32 Å². The minimum absolute atomic E-state index is 0.108. The molecule has 1 saturated heterocycles. The topological polar surface area (TPSA) is 87.9 Å². The van der Waals surface area contributed by atoms with Gasteiger partial charge >= 0.3 is 0 Å². The fourth-order valence-electron chi connectivity index (χ4n) is 3.24. The molecule has 1 heterocycles. The number of likely N-dealkylation sites (N-methyl/N-ethyl adjacent to an activating group) is 1. The molecule has 0 saturated carbocycles. The number of halogens is 2. The van der Waals surface area contributed by atoms with Gasteiger partial charge in [-0.3, -0.25) is 14.5 Å². The van der Waals surface area contributed by atoms with Gasteiger partial charge in [-0.2, -0.15) is 0 Å². The van der Waals surface area contributed by atoms with E-state index in [1.807, 2.05) is 18.7 Å². The SMILES string of the molecule is CC(C)CN(C)[C@H](CN)C(=O)Nc1ccc(N2CCOCC2=O)c(C(F)F)c1. The molecule has 1 atom stereocenters. The zero-order valence-electron chi connectivity index (χ0n) is 16.5. The van der Waals surface area contributed by atoms with Crippen molar-refractivity contribution >= 4 is 23.2 Å². The largest absolute Gasteiger partial charge is 0.370 e. The Morgan fingerprint density at radius 1 is 1.39 bits per heavy atom. The molecule has 9 heteroatoms. The Hall–Kier alpha value is -2.10. The highest BCUT2D eigenvalue weighted by Gasteiger charge is 2.27. The third kappa shape index (κ3) is 5.46. The molecule has 0 spiro atoms. The molecule has 0 aromatic heterocycles. The molecular weight excluding hydrogens is 370 g/mol. The quantitative estimate of drug-likeness (QED) is 0.698. The average molecular weight is 398 g/mol. The smallest absolute Gasteiger partial charge is 0.265 e. The Labute approximate surface area is 163 Å². The van der Waals surface area contributed by atoms with Crippen molar-refractivity contribution in [3.63, 3.8) is 0 Å². The van der Waals surface area contributed by atoms with E-state index >= 15 is 0 Å². The number of carbonyl (C=O) groups is 2. The second-order valence-corrected chi connectivity index (χ2v) is 7.25. The van der Waals surface area contributed by atoms with Crippen LogP contribution in [0.4, 0.5) is 20.2 Å². The van der Waals surface area contributed by atoms with Gasteiger partial charge in [0, 0.05) is 30.9 Å². The van der Waals surface area contributed by atoms with Gasteiger partial charge in [0.15, 0.2) is 0 Å². The number of anilines is 2.